The maximum absolute atomic E-state index is 10.9. The van der Waals surface area contributed by atoms with Gasteiger partial charge in [-0.1, -0.05) is 0 Å². The predicted octanol–water partition coefficient (Wildman–Crippen LogP) is -0.00850. The number of rotatable bonds is 3. The second-order valence-corrected chi connectivity index (χ2v) is 3.23. The van der Waals surface area contributed by atoms with Crippen LogP contribution in [0.5, 0.6) is 5.88 Å². The van der Waals surface area contributed by atoms with Crippen LogP contribution in [0.15, 0.2) is 18.6 Å². The van der Waals surface area contributed by atoms with Crippen molar-refractivity contribution in [1.82, 2.24) is 15.3 Å². The highest BCUT2D eigenvalue weighted by Gasteiger charge is 2.21. The van der Waals surface area contributed by atoms with Gasteiger partial charge in [0.15, 0.2) is 0 Å². The standard InChI is InChI=1S/C9H11N3O2/c13-8-3-7(4-12-8)6-14-9-5-10-1-2-11-9/h1-2,5,7H,3-4,6H2,(H,12,13). The molecule has 0 aromatic carbocycles. The Morgan fingerprint density at radius 3 is 3.14 bits per heavy atom. The van der Waals surface area contributed by atoms with E-state index in [9.17, 15) is 4.79 Å². The van der Waals surface area contributed by atoms with Crippen molar-refractivity contribution >= 4 is 5.91 Å². The second-order valence-electron chi connectivity index (χ2n) is 3.23. The van der Waals surface area contributed by atoms with Crippen molar-refractivity contribution in [3.8, 4) is 5.88 Å². The topological polar surface area (TPSA) is 64.1 Å². The van der Waals surface area contributed by atoms with E-state index in [0.29, 0.717) is 25.5 Å². The van der Waals surface area contributed by atoms with Crippen LogP contribution in [-0.4, -0.2) is 29.0 Å². The summed E-state index contributed by atoms with van der Waals surface area (Å²) in [5.41, 5.74) is 0. The Morgan fingerprint density at radius 1 is 1.57 bits per heavy atom. The molecule has 0 saturated carbocycles. The number of carbonyl (C=O) groups is 1. The summed E-state index contributed by atoms with van der Waals surface area (Å²) in [5, 5.41) is 2.75. The first kappa shape index (κ1) is 8.93. The summed E-state index contributed by atoms with van der Waals surface area (Å²) in [5.74, 6) is 0.856. The largest absolute Gasteiger partial charge is 0.476 e. The summed E-state index contributed by atoms with van der Waals surface area (Å²) in [7, 11) is 0. The van der Waals surface area contributed by atoms with Crippen LogP contribution in [0.3, 0.4) is 0 Å². The third-order valence-electron chi connectivity index (χ3n) is 2.07. The molecule has 1 unspecified atom stereocenters. The van der Waals surface area contributed by atoms with Crippen molar-refractivity contribution in [2.75, 3.05) is 13.2 Å². The van der Waals surface area contributed by atoms with Crippen LogP contribution in [0.4, 0.5) is 0 Å². The van der Waals surface area contributed by atoms with E-state index in [1.54, 1.807) is 18.6 Å². The molecule has 1 aromatic rings. The molecule has 0 bridgehead atoms. The number of hydrogen-bond donors (Lipinski definition) is 1. The van der Waals surface area contributed by atoms with E-state index >= 15 is 0 Å². The monoisotopic (exact) mass is 193 g/mol. The van der Waals surface area contributed by atoms with Gasteiger partial charge in [0.05, 0.1) is 12.8 Å². The zero-order chi connectivity index (χ0) is 9.80. The van der Waals surface area contributed by atoms with Crippen LogP contribution in [0.25, 0.3) is 0 Å². The van der Waals surface area contributed by atoms with Crippen LogP contribution < -0.4 is 10.1 Å². The summed E-state index contributed by atoms with van der Waals surface area (Å²) >= 11 is 0. The molecular formula is C9H11N3O2. The number of aromatic nitrogens is 2. The third-order valence-corrected chi connectivity index (χ3v) is 2.07. The molecule has 1 fully saturated rings. The van der Waals surface area contributed by atoms with Crippen LogP contribution in [0, 0.1) is 5.92 Å². The second kappa shape index (κ2) is 4.04. The minimum Gasteiger partial charge on any atom is -0.476 e. The fourth-order valence-electron chi connectivity index (χ4n) is 1.35. The lowest BCUT2D eigenvalue weighted by atomic mass is 10.1. The molecule has 2 heterocycles. The zero-order valence-electron chi connectivity index (χ0n) is 7.64. The molecule has 5 nitrogen and oxygen atoms in total. The molecule has 1 aliphatic rings. The lowest BCUT2D eigenvalue weighted by Crippen LogP contribution is -2.17. The lowest BCUT2D eigenvalue weighted by Gasteiger charge is -2.07. The first-order chi connectivity index (χ1) is 6.84. The van der Waals surface area contributed by atoms with Gasteiger partial charge in [0.2, 0.25) is 11.8 Å². The minimum absolute atomic E-state index is 0.0951. The molecular weight excluding hydrogens is 182 g/mol. The van der Waals surface area contributed by atoms with Gasteiger partial charge in [-0.05, 0) is 0 Å². The average molecular weight is 193 g/mol. The van der Waals surface area contributed by atoms with Crippen molar-refractivity contribution < 1.29 is 9.53 Å². The number of carbonyl (C=O) groups excluding carboxylic acids is 1. The van der Waals surface area contributed by atoms with Gasteiger partial charge >= 0.3 is 0 Å². The molecule has 1 aliphatic heterocycles. The van der Waals surface area contributed by atoms with Crippen LogP contribution in [0.1, 0.15) is 6.42 Å². The Morgan fingerprint density at radius 2 is 2.50 bits per heavy atom. The van der Waals surface area contributed by atoms with E-state index in [4.69, 9.17) is 4.74 Å². The first-order valence-electron chi connectivity index (χ1n) is 4.50. The van der Waals surface area contributed by atoms with Gasteiger partial charge in [-0.15, -0.1) is 0 Å². The van der Waals surface area contributed by atoms with E-state index in [1.165, 1.54) is 0 Å². The normalized spacial score (nSPS) is 20.6. The van der Waals surface area contributed by atoms with E-state index in [0.717, 1.165) is 0 Å². The highest BCUT2D eigenvalue weighted by Crippen LogP contribution is 2.11. The van der Waals surface area contributed by atoms with E-state index in [2.05, 4.69) is 15.3 Å². The fraction of sp³-hybridized carbons (Fsp3) is 0.444. The molecule has 14 heavy (non-hydrogen) atoms. The van der Waals surface area contributed by atoms with Crippen molar-refractivity contribution in [2.24, 2.45) is 5.92 Å². The molecule has 74 valence electrons. The van der Waals surface area contributed by atoms with Crippen molar-refractivity contribution in [2.45, 2.75) is 6.42 Å². The zero-order valence-corrected chi connectivity index (χ0v) is 7.64. The molecule has 2 rings (SSSR count). The van der Waals surface area contributed by atoms with Crippen molar-refractivity contribution in [3.63, 3.8) is 0 Å². The third kappa shape index (κ3) is 2.18. The van der Waals surface area contributed by atoms with Crippen LogP contribution >= 0.6 is 0 Å². The summed E-state index contributed by atoms with van der Waals surface area (Å²) in [6.45, 7) is 1.20. The van der Waals surface area contributed by atoms with Gasteiger partial charge in [0, 0.05) is 31.3 Å². The first-order valence-corrected chi connectivity index (χ1v) is 4.50. The van der Waals surface area contributed by atoms with Crippen molar-refractivity contribution in [1.29, 1.82) is 0 Å². The van der Waals surface area contributed by atoms with Gasteiger partial charge in [-0.3, -0.25) is 9.78 Å². The number of amides is 1. The quantitative estimate of drug-likeness (QED) is 0.733. The number of ether oxygens (including phenoxy) is 1. The Balaban J connectivity index is 1.80. The summed E-state index contributed by atoms with van der Waals surface area (Å²) in [6.07, 6.45) is 5.27. The van der Waals surface area contributed by atoms with Gasteiger partial charge in [0.25, 0.3) is 0 Å². The number of nitrogens with one attached hydrogen (secondary N) is 1. The van der Waals surface area contributed by atoms with Crippen LogP contribution in [0.2, 0.25) is 0 Å². The van der Waals surface area contributed by atoms with Gasteiger partial charge in [0.1, 0.15) is 0 Å². The summed E-state index contributed by atoms with van der Waals surface area (Å²) < 4.78 is 5.37. The molecule has 5 heteroatoms. The predicted molar refractivity (Wildman–Crippen MR) is 48.6 cm³/mol. The highest BCUT2D eigenvalue weighted by molar-refractivity contribution is 5.78. The molecule has 0 radical (unpaired) electrons. The van der Waals surface area contributed by atoms with Gasteiger partial charge in [-0.2, -0.15) is 0 Å². The van der Waals surface area contributed by atoms with Gasteiger partial charge < -0.3 is 10.1 Å². The lowest BCUT2D eigenvalue weighted by molar-refractivity contribution is -0.119. The maximum atomic E-state index is 10.9. The van der Waals surface area contributed by atoms with Gasteiger partial charge in [-0.25, -0.2) is 4.98 Å². The number of hydrogen-bond acceptors (Lipinski definition) is 4. The summed E-state index contributed by atoms with van der Waals surface area (Å²) in [6, 6.07) is 0. The smallest absolute Gasteiger partial charge is 0.232 e. The minimum atomic E-state index is 0.0951. The molecule has 0 spiro atoms. The van der Waals surface area contributed by atoms with E-state index < -0.39 is 0 Å². The maximum Gasteiger partial charge on any atom is 0.232 e. The number of nitrogens with zero attached hydrogens (tertiary/aromatic N) is 2. The Hall–Kier alpha value is -1.65. The molecule has 1 atom stereocenters. The Kier molecular flexibility index (Phi) is 2.58. The Labute approximate surface area is 81.5 Å². The molecule has 1 N–H and O–H groups in total. The van der Waals surface area contributed by atoms with E-state index in [1.807, 2.05) is 0 Å². The molecule has 1 saturated heterocycles. The highest BCUT2D eigenvalue weighted by atomic mass is 16.5. The van der Waals surface area contributed by atoms with Crippen molar-refractivity contribution in [3.05, 3.63) is 18.6 Å². The van der Waals surface area contributed by atoms with E-state index in [-0.39, 0.29) is 11.8 Å². The fourth-order valence-corrected chi connectivity index (χ4v) is 1.35. The Bertz CT molecular complexity index is 315. The molecule has 0 aliphatic carbocycles. The average Bonchev–Trinajstić information content (AvgIpc) is 2.63. The SMILES string of the molecule is O=C1CC(COc2cnccn2)CN1. The van der Waals surface area contributed by atoms with Crippen LogP contribution in [-0.2, 0) is 4.79 Å². The molecule has 1 amide bonds. The summed E-state index contributed by atoms with van der Waals surface area (Å²) in [4.78, 5) is 18.7. The molecule has 1 aromatic heterocycles.